The van der Waals surface area contributed by atoms with Crippen LogP contribution in [-0.4, -0.2) is 18.2 Å². The summed E-state index contributed by atoms with van der Waals surface area (Å²) in [6, 6.07) is 21.6. The van der Waals surface area contributed by atoms with Crippen molar-refractivity contribution in [2.45, 2.75) is 27.4 Å². The normalized spacial score (nSPS) is 14.5. The van der Waals surface area contributed by atoms with Crippen molar-refractivity contribution < 1.29 is 14.3 Å². The molecule has 1 aliphatic heterocycles. The SMILES string of the molecule is CCOc1cc(/C=C2/C(=O)N(c3ccccc3)N=C2C)cc(I)c1OCc1ccc(C)cc1. The van der Waals surface area contributed by atoms with Crippen molar-refractivity contribution in [2.24, 2.45) is 5.10 Å². The zero-order valence-corrected chi connectivity index (χ0v) is 21.0. The molecule has 0 N–H and O–H groups in total. The zero-order chi connectivity index (χ0) is 23.4. The van der Waals surface area contributed by atoms with Crippen LogP contribution in [0.25, 0.3) is 6.08 Å². The van der Waals surface area contributed by atoms with E-state index in [-0.39, 0.29) is 5.91 Å². The highest BCUT2D eigenvalue weighted by Gasteiger charge is 2.28. The Labute approximate surface area is 207 Å². The summed E-state index contributed by atoms with van der Waals surface area (Å²) in [4.78, 5) is 13.1. The average molecular weight is 552 g/mol. The number of halogens is 1. The van der Waals surface area contributed by atoms with Gasteiger partial charge < -0.3 is 9.47 Å². The maximum Gasteiger partial charge on any atom is 0.280 e. The van der Waals surface area contributed by atoms with E-state index in [0.29, 0.717) is 36.0 Å². The fourth-order valence-electron chi connectivity index (χ4n) is 3.51. The fourth-order valence-corrected chi connectivity index (χ4v) is 4.29. The average Bonchev–Trinajstić information content (AvgIpc) is 3.09. The van der Waals surface area contributed by atoms with Crippen molar-refractivity contribution in [3.63, 3.8) is 0 Å². The van der Waals surface area contributed by atoms with Crippen LogP contribution >= 0.6 is 22.6 Å². The van der Waals surface area contributed by atoms with Gasteiger partial charge in [-0.05, 0) is 84.8 Å². The molecule has 1 heterocycles. The van der Waals surface area contributed by atoms with Crippen molar-refractivity contribution >= 4 is 46.0 Å². The minimum Gasteiger partial charge on any atom is -0.490 e. The molecule has 1 amide bonds. The molecule has 4 rings (SSSR count). The van der Waals surface area contributed by atoms with E-state index in [1.165, 1.54) is 10.6 Å². The molecule has 3 aromatic carbocycles. The quantitative estimate of drug-likeness (QED) is 0.253. The number of anilines is 1. The lowest BCUT2D eigenvalue weighted by Crippen LogP contribution is -2.21. The molecular weight excluding hydrogens is 527 g/mol. The monoisotopic (exact) mass is 552 g/mol. The molecule has 0 spiro atoms. The van der Waals surface area contributed by atoms with Gasteiger partial charge in [0.05, 0.1) is 27.1 Å². The highest BCUT2D eigenvalue weighted by Crippen LogP contribution is 2.36. The highest BCUT2D eigenvalue weighted by atomic mass is 127. The topological polar surface area (TPSA) is 51.1 Å². The zero-order valence-electron chi connectivity index (χ0n) is 18.8. The van der Waals surface area contributed by atoms with Crippen LogP contribution < -0.4 is 14.5 Å². The van der Waals surface area contributed by atoms with Crippen LogP contribution in [0, 0.1) is 10.5 Å². The van der Waals surface area contributed by atoms with E-state index in [2.05, 4.69) is 58.9 Å². The van der Waals surface area contributed by atoms with Crippen LogP contribution in [0.5, 0.6) is 11.5 Å². The second-order valence-electron chi connectivity index (χ2n) is 7.73. The molecule has 0 saturated carbocycles. The molecule has 0 radical (unpaired) electrons. The van der Waals surface area contributed by atoms with E-state index < -0.39 is 0 Å². The molecule has 0 aliphatic carbocycles. The molecule has 1 aliphatic rings. The Kier molecular flexibility index (Phi) is 7.13. The second kappa shape index (κ2) is 10.2. The van der Waals surface area contributed by atoms with Gasteiger partial charge >= 0.3 is 0 Å². The third kappa shape index (κ3) is 5.27. The van der Waals surface area contributed by atoms with E-state index in [1.807, 2.05) is 62.4 Å². The number of carbonyl (C=O) groups is 1. The van der Waals surface area contributed by atoms with Gasteiger partial charge in [-0.15, -0.1) is 0 Å². The van der Waals surface area contributed by atoms with Crippen molar-refractivity contribution in [3.05, 3.63) is 92.6 Å². The first-order valence-corrected chi connectivity index (χ1v) is 11.9. The number of amides is 1. The Bertz CT molecular complexity index is 1220. The lowest BCUT2D eigenvalue weighted by Gasteiger charge is -2.15. The van der Waals surface area contributed by atoms with Crippen molar-refractivity contribution in [1.82, 2.24) is 0 Å². The van der Waals surface area contributed by atoms with Gasteiger partial charge in [0.15, 0.2) is 11.5 Å². The molecule has 0 fully saturated rings. The lowest BCUT2D eigenvalue weighted by atomic mass is 10.1. The molecular formula is C27H25IN2O3. The van der Waals surface area contributed by atoms with Gasteiger partial charge in [0.2, 0.25) is 0 Å². The molecule has 6 heteroatoms. The van der Waals surface area contributed by atoms with Gasteiger partial charge in [-0.1, -0.05) is 48.0 Å². The minimum absolute atomic E-state index is 0.147. The van der Waals surface area contributed by atoms with Crippen LogP contribution in [0.3, 0.4) is 0 Å². The lowest BCUT2D eigenvalue weighted by molar-refractivity contribution is -0.114. The van der Waals surface area contributed by atoms with Gasteiger partial charge in [0, 0.05) is 0 Å². The number of nitrogens with zero attached hydrogens (tertiary/aromatic N) is 2. The van der Waals surface area contributed by atoms with Crippen LogP contribution in [0.4, 0.5) is 5.69 Å². The van der Waals surface area contributed by atoms with Crippen LogP contribution in [0.15, 0.2) is 77.4 Å². The van der Waals surface area contributed by atoms with E-state index in [4.69, 9.17) is 9.47 Å². The van der Waals surface area contributed by atoms with Gasteiger partial charge in [-0.3, -0.25) is 4.79 Å². The third-order valence-electron chi connectivity index (χ3n) is 5.21. The summed E-state index contributed by atoms with van der Waals surface area (Å²) in [6.07, 6.45) is 1.86. The van der Waals surface area contributed by atoms with Crippen LogP contribution in [0.1, 0.15) is 30.5 Å². The molecule has 168 valence electrons. The Hall–Kier alpha value is -3.13. The standard InChI is InChI=1S/C27H25IN2O3/c1-4-32-25-16-21(15-24(28)26(25)33-17-20-12-10-18(2)11-13-20)14-23-19(3)29-30(27(23)31)22-8-6-5-7-9-22/h5-16H,4,17H2,1-3H3/b23-14+. The van der Waals surface area contributed by atoms with Gasteiger partial charge in [-0.25, -0.2) is 0 Å². The molecule has 5 nitrogen and oxygen atoms in total. The number of aryl methyl sites for hydroxylation is 1. The number of rotatable bonds is 7. The molecule has 0 saturated heterocycles. The number of benzene rings is 3. The van der Waals surface area contributed by atoms with Crippen molar-refractivity contribution in [3.8, 4) is 11.5 Å². The van der Waals surface area contributed by atoms with E-state index in [1.54, 1.807) is 0 Å². The van der Waals surface area contributed by atoms with E-state index in [9.17, 15) is 4.79 Å². The molecule has 3 aromatic rings. The van der Waals surface area contributed by atoms with Crippen molar-refractivity contribution in [1.29, 1.82) is 0 Å². The maximum atomic E-state index is 13.1. The molecule has 33 heavy (non-hydrogen) atoms. The first kappa shape index (κ1) is 23.0. The predicted octanol–water partition coefficient (Wildman–Crippen LogP) is 6.38. The van der Waals surface area contributed by atoms with E-state index >= 15 is 0 Å². The number of para-hydroxylation sites is 1. The van der Waals surface area contributed by atoms with Crippen LogP contribution in [0.2, 0.25) is 0 Å². The molecule has 0 atom stereocenters. The summed E-state index contributed by atoms with van der Waals surface area (Å²) in [7, 11) is 0. The highest BCUT2D eigenvalue weighted by molar-refractivity contribution is 14.1. The predicted molar refractivity (Wildman–Crippen MR) is 141 cm³/mol. The number of hydrogen-bond donors (Lipinski definition) is 0. The summed E-state index contributed by atoms with van der Waals surface area (Å²) < 4.78 is 12.9. The van der Waals surface area contributed by atoms with Crippen LogP contribution in [-0.2, 0) is 11.4 Å². The largest absolute Gasteiger partial charge is 0.490 e. The summed E-state index contributed by atoms with van der Waals surface area (Å²) in [5.41, 5.74) is 5.15. The summed E-state index contributed by atoms with van der Waals surface area (Å²) in [5.74, 6) is 1.21. The Morgan fingerprint density at radius 2 is 1.73 bits per heavy atom. The number of hydrogen-bond acceptors (Lipinski definition) is 4. The number of ether oxygens (including phenoxy) is 2. The summed E-state index contributed by atoms with van der Waals surface area (Å²) in [6.45, 7) is 6.82. The summed E-state index contributed by atoms with van der Waals surface area (Å²) in [5, 5.41) is 5.90. The van der Waals surface area contributed by atoms with Crippen molar-refractivity contribution in [2.75, 3.05) is 11.6 Å². The minimum atomic E-state index is -0.147. The van der Waals surface area contributed by atoms with E-state index in [0.717, 1.165) is 20.4 Å². The first-order chi connectivity index (χ1) is 16.0. The molecule has 0 bridgehead atoms. The Balaban J connectivity index is 1.60. The Morgan fingerprint density at radius 3 is 2.42 bits per heavy atom. The van der Waals surface area contributed by atoms with Gasteiger partial charge in [-0.2, -0.15) is 10.1 Å². The Morgan fingerprint density at radius 1 is 1.00 bits per heavy atom. The van der Waals surface area contributed by atoms with Gasteiger partial charge in [0.1, 0.15) is 6.61 Å². The summed E-state index contributed by atoms with van der Waals surface area (Å²) >= 11 is 2.25. The smallest absolute Gasteiger partial charge is 0.280 e. The maximum absolute atomic E-state index is 13.1. The number of carbonyl (C=O) groups excluding carboxylic acids is 1. The number of hydrazone groups is 1. The first-order valence-electron chi connectivity index (χ1n) is 10.8. The fraction of sp³-hybridized carbons (Fsp3) is 0.185. The third-order valence-corrected chi connectivity index (χ3v) is 6.01. The second-order valence-corrected chi connectivity index (χ2v) is 8.90. The molecule has 0 aromatic heterocycles. The molecule has 0 unspecified atom stereocenters. The van der Waals surface area contributed by atoms with Gasteiger partial charge in [0.25, 0.3) is 5.91 Å².